The third-order valence-electron chi connectivity index (χ3n) is 6.58. The summed E-state index contributed by atoms with van der Waals surface area (Å²) in [6.45, 7) is 8.34. The molecule has 0 atom stereocenters. The Balaban J connectivity index is 1.28. The Hall–Kier alpha value is -1.32. The summed E-state index contributed by atoms with van der Waals surface area (Å²) in [6, 6.07) is 0. The van der Waals surface area contributed by atoms with E-state index in [4.69, 9.17) is 14.7 Å². The van der Waals surface area contributed by atoms with Gasteiger partial charge in [-0.3, -0.25) is 4.90 Å². The van der Waals surface area contributed by atoms with Gasteiger partial charge in [0, 0.05) is 37.6 Å². The lowest BCUT2D eigenvalue weighted by Gasteiger charge is -2.29. The van der Waals surface area contributed by atoms with Crippen molar-refractivity contribution < 1.29 is 9.84 Å². The lowest BCUT2D eigenvalue weighted by Crippen LogP contribution is -2.37. The third kappa shape index (κ3) is 4.62. The van der Waals surface area contributed by atoms with Crippen LogP contribution in [0.3, 0.4) is 0 Å². The molecule has 164 valence electrons. The van der Waals surface area contributed by atoms with E-state index in [9.17, 15) is 5.11 Å². The zero-order valence-electron chi connectivity index (χ0n) is 17.7. The second kappa shape index (κ2) is 9.44. The van der Waals surface area contributed by atoms with Crippen LogP contribution in [0, 0.1) is 0 Å². The predicted molar refractivity (Wildman–Crippen MR) is 120 cm³/mol. The van der Waals surface area contributed by atoms with Crippen LogP contribution >= 0.6 is 11.3 Å². The summed E-state index contributed by atoms with van der Waals surface area (Å²) < 4.78 is 5.48. The molecule has 2 N–H and O–H groups in total. The summed E-state index contributed by atoms with van der Waals surface area (Å²) in [5, 5.41) is 14.6. The molecular weight excluding hydrogens is 398 g/mol. The highest BCUT2D eigenvalue weighted by Gasteiger charge is 2.23. The predicted octanol–water partition coefficient (Wildman–Crippen LogP) is 2.27. The zero-order valence-corrected chi connectivity index (χ0v) is 18.6. The van der Waals surface area contributed by atoms with Crippen molar-refractivity contribution in [3.05, 3.63) is 16.3 Å². The van der Waals surface area contributed by atoms with E-state index in [1.54, 1.807) is 0 Å². The van der Waals surface area contributed by atoms with E-state index in [1.165, 1.54) is 28.7 Å². The van der Waals surface area contributed by atoms with Crippen molar-refractivity contribution in [2.75, 3.05) is 57.8 Å². The van der Waals surface area contributed by atoms with Crippen molar-refractivity contribution in [1.29, 1.82) is 0 Å². The number of aromatic nitrogens is 2. The van der Waals surface area contributed by atoms with Crippen LogP contribution in [0.25, 0.3) is 10.2 Å². The molecule has 1 aliphatic carbocycles. The average Bonchev–Trinajstić information content (AvgIpc) is 3.34. The van der Waals surface area contributed by atoms with Gasteiger partial charge in [0.15, 0.2) is 0 Å². The fraction of sp³-hybridized carbons (Fsp3) is 0.727. The maximum Gasteiger partial charge on any atom is 0.146 e. The SMILES string of the molecule is OC1CCN(CCCNc2nc(CN3CCOCC3)nc3sc4c(c23)CCC4)CC1. The number of rotatable bonds is 7. The molecule has 2 saturated heterocycles. The molecule has 4 heterocycles. The maximum atomic E-state index is 9.69. The van der Waals surface area contributed by atoms with Gasteiger partial charge in [0.2, 0.25) is 0 Å². The molecule has 0 bridgehead atoms. The molecule has 8 heteroatoms. The Labute approximate surface area is 182 Å². The van der Waals surface area contributed by atoms with E-state index in [0.717, 1.165) is 101 Å². The van der Waals surface area contributed by atoms with Gasteiger partial charge in [0.25, 0.3) is 0 Å². The topological polar surface area (TPSA) is 73.8 Å². The minimum absolute atomic E-state index is 0.0979. The zero-order chi connectivity index (χ0) is 20.3. The molecular formula is C22H33N5O2S. The number of anilines is 1. The van der Waals surface area contributed by atoms with Crippen LogP contribution in [-0.4, -0.2) is 83.5 Å². The van der Waals surface area contributed by atoms with E-state index < -0.39 is 0 Å². The Bertz CT molecular complexity index is 859. The number of fused-ring (bicyclic) bond motifs is 3. The number of piperidine rings is 1. The molecule has 2 fully saturated rings. The molecule has 2 aromatic rings. The minimum atomic E-state index is -0.0979. The molecule has 0 saturated carbocycles. The second-order valence-corrected chi connectivity index (χ2v) is 9.85. The molecule has 5 rings (SSSR count). The number of aliphatic hydroxyl groups is 1. The van der Waals surface area contributed by atoms with Crippen LogP contribution in [0.4, 0.5) is 5.82 Å². The van der Waals surface area contributed by atoms with Crippen molar-refractivity contribution in [3.8, 4) is 0 Å². The van der Waals surface area contributed by atoms with Gasteiger partial charge in [-0.05, 0) is 50.6 Å². The molecule has 0 radical (unpaired) electrons. The first-order chi connectivity index (χ1) is 14.8. The third-order valence-corrected chi connectivity index (χ3v) is 7.77. The Kier molecular flexibility index (Phi) is 6.48. The summed E-state index contributed by atoms with van der Waals surface area (Å²) in [6.07, 6.45) is 6.42. The first-order valence-corrected chi connectivity index (χ1v) is 12.3. The normalized spacial score (nSPS) is 21.4. The quantitative estimate of drug-likeness (QED) is 0.652. The highest BCUT2D eigenvalue weighted by Crippen LogP contribution is 2.39. The second-order valence-electron chi connectivity index (χ2n) is 8.77. The Morgan fingerprint density at radius 3 is 2.73 bits per heavy atom. The highest BCUT2D eigenvalue weighted by molar-refractivity contribution is 7.19. The largest absolute Gasteiger partial charge is 0.393 e. The van der Waals surface area contributed by atoms with Gasteiger partial charge in [-0.1, -0.05) is 0 Å². The van der Waals surface area contributed by atoms with Crippen LogP contribution in [0.5, 0.6) is 0 Å². The van der Waals surface area contributed by atoms with Crippen LogP contribution in [0.1, 0.15) is 41.9 Å². The summed E-state index contributed by atoms with van der Waals surface area (Å²) >= 11 is 1.87. The van der Waals surface area contributed by atoms with Crippen molar-refractivity contribution in [2.24, 2.45) is 0 Å². The van der Waals surface area contributed by atoms with E-state index in [-0.39, 0.29) is 6.10 Å². The molecule has 7 nitrogen and oxygen atoms in total. The van der Waals surface area contributed by atoms with Crippen LogP contribution in [-0.2, 0) is 24.1 Å². The van der Waals surface area contributed by atoms with Crippen molar-refractivity contribution in [3.63, 3.8) is 0 Å². The van der Waals surface area contributed by atoms with E-state index >= 15 is 0 Å². The first-order valence-electron chi connectivity index (χ1n) is 11.5. The lowest BCUT2D eigenvalue weighted by atomic mass is 10.1. The Morgan fingerprint density at radius 1 is 1.07 bits per heavy atom. The van der Waals surface area contributed by atoms with Gasteiger partial charge in [0.05, 0.1) is 31.2 Å². The number of hydrogen-bond donors (Lipinski definition) is 2. The van der Waals surface area contributed by atoms with Gasteiger partial charge >= 0.3 is 0 Å². The van der Waals surface area contributed by atoms with Crippen LogP contribution in [0.15, 0.2) is 0 Å². The number of likely N-dealkylation sites (tertiary alicyclic amines) is 1. The van der Waals surface area contributed by atoms with Gasteiger partial charge in [0.1, 0.15) is 16.5 Å². The average molecular weight is 432 g/mol. The van der Waals surface area contributed by atoms with E-state index in [1.807, 2.05) is 11.3 Å². The first kappa shape index (κ1) is 20.6. The molecule has 2 aliphatic heterocycles. The molecule has 0 spiro atoms. The molecule has 2 aromatic heterocycles. The number of thiophene rings is 1. The molecule has 0 unspecified atom stereocenters. The lowest BCUT2D eigenvalue weighted by molar-refractivity contribution is 0.0331. The van der Waals surface area contributed by atoms with E-state index in [2.05, 4.69) is 15.1 Å². The number of aliphatic hydroxyl groups excluding tert-OH is 1. The minimum Gasteiger partial charge on any atom is -0.393 e. The van der Waals surface area contributed by atoms with E-state index in [0.29, 0.717) is 0 Å². The number of hydrogen-bond acceptors (Lipinski definition) is 8. The van der Waals surface area contributed by atoms with Gasteiger partial charge < -0.3 is 20.1 Å². The number of ether oxygens (including phenoxy) is 1. The Morgan fingerprint density at radius 2 is 1.90 bits per heavy atom. The van der Waals surface area contributed by atoms with Gasteiger partial charge in [-0.25, -0.2) is 9.97 Å². The molecule has 0 amide bonds. The smallest absolute Gasteiger partial charge is 0.146 e. The van der Waals surface area contributed by atoms with Crippen LogP contribution in [0.2, 0.25) is 0 Å². The number of nitrogens with zero attached hydrogens (tertiary/aromatic N) is 4. The van der Waals surface area contributed by atoms with Crippen LogP contribution < -0.4 is 5.32 Å². The summed E-state index contributed by atoms with van der Waals surface area (Å²) in [5.41, 5.74) is 1.49. The molecule has 30 heavy (non-hydrogen) atoms. The maximum absolute atomic E-state index is 9.69. The van der Waals surface area contributed by atoms with Crippen molar-refractivity contribution >= 4 is 27.4 Å². The molecule has 3 aliphatic rings. The van der Waals surface area contributed by atoms with Crippen molar-refractivity contribution in [2.45, 2.75) is 51.2 Å². The number of aryl methyl sites for hydroxylation is 2. The van der Waals surface area contributed by atoms with Gasteiger partial charge in [-0.15, -0.1) is 11.3 Å². The monoisotopic (exact) mass is 431 g/mol. The number of morpholine rings is 1. The van der Waals surface area contributed by atoms with Crippen molar-refractivity contribution in [1.82, 2.24) is 19.8 Å². The summed E-state index contributed by atoms with van der Waals surface area (Å²) in [4.78, 5) is 17.5. The molecule has 0 aromatic carbocycles. The fourth-order valence-corrected chi connectivity index (χ4v) is 6.13. The number of nitrogens with one attached hydrogen (secondary N) is 1. The fourth-order valence-electron chi connectivity index (χ4n) is 4.85. The summed E-state index contributed by atoms with van der Waals surface area (Å²) in [7, 11) is 0. The van der Waals surface area contributed by atoms with Gasteiger partial charge in [-0.2, -0.15) is 0 Å². The summed E-state index contributed by atoms with van der Waals surface area (Å²) in [5.74, 6) is 1.97. The standard InChI is InChI=1S/C22H33N5O2S/c28-16-5-9-26(10-6-16)8-2-7-23-21-20-17-3-1-4-18(17)30-22(20)25-19(24-21)15-27-11-13-29-14-12-27/h16,28H,1-15H2,(H,23,24,25). The highest BCUT2D eigenvalue weighted by atomic mass is 32.1.